The summed E-state index contributed by atoms with van der Waals surface area (Å²) in [5, 5.41) is 14.4. The van der Waals surface area contributed by atoms with Gasteiger partial charge in [-0.25, -0.2) is 18.3 Å². The maximum Gasteiger partial charge on any atom is 0.393 e. The van der Waals surface area contributed by atoms with Gasteiger partial charge >= 0.3 is 6.18 Å². The van der Waals surface area contributed by atoms with E-state index in [4.69, 9.17) is 19.8 Å². The summed E-state index contributed by atoms with van der Waals surface area (Å²) >= 11 is 0. The first-order valence-corrected chi connectivity index (χ1v) is 17.3. The number of piperidine rings is 1. The maximum atomic E-state index is 14.2. The van der Waals surface area contributed by atoms with Gasteiger partial charge in [-0.1, -0.05) is 0 Å². The normalized spacial score (nSPS) is 24.6. The molecule has 0 radical (unpaired) electrons. The van der Waals surface area contributed by atoms with Gasteiger partial charge in [-0.15, -0.1) is 0 Å². The second kappa shape index (κ2) is 13.7. The number of anilines is 1. The van der Waals surface area contributed by atoms with Crippen LogP contribution < -0.4 is 15.5 Å². The van der Waals surface area contributed by atoms with Crippen molar-refractivity contribution >= 4 is 23.4 Å². The first kappa shape index (κ1) is 34.5. The van der Waals surface area contributed by atoms with Crippen LogP contribution in [-0.4, -0.2) is 110 Å². The summed E-state index contributed by atoms with van der Waals surface area (Å²) in [4.78, 5) is 40.3. The van der Waals surface area contributed by atoms with E-state index in [-0.39, 0.29) is 50.2 Å². The van der Waals surface area contributed by atoms with Gasteiger partial charge in [0.25, 0.3) is 11.7 Å². The third kappa shape index (κ3) is 7.13. The summed E-state index contributed by atoms with van der Waals surface area (Å²) in [7, 11) is 0. The fourth-order valence-corrected chi connectivity index (χ4v) is 7.51. The standard InChI is InChI=1S/C32H41F5N10O3/c1-2-46-25(5-8-39-46)29(49)41-26(19-3-6-31(33,34)7-4-19)24-16-47-30(40-24)42-27(45-11-9-44(10-12-45)22-17-50-18-22)23(43-47)14-20-13-21(32(35,36)37)15-38-28(20)48/h5,8,16,19-22,26H,2-4,6-7,9-15,17-18H2,1H3,(H,38,48)(H,41,49)/t20-,21-,26+/m1/s1. The van der Waals surface area contributed by atoms with E-state index < -0.39 is 48.3 Å². The molecule has 272 valence electrons. The minimum Gasteiger partial charge on any atom is -0.378 e. The number of ether oxygens (including phenoxy) is 1. The number of hydrogen-bond donors (Lipinski definition) is 2. The van der Waals surface area contributed by atoms with Crippen LogP contribution in [0.5, 0.6) is 0 Å². The van der Waals surface area contributed by atoms with Gasteiger partial charge in [-0.2, -0.15) is 28.4 Å². The number of aryl methyl sites for hydroxylation is 1. The molecule has 1 aliphatic carbocycles. The second-order valence-corrected chi connectivity index (χ2v) is 13.8. The van der Waals surface area contributed by atoms with Crippen LogP contribution in [0.4, 0.5) is 27.8 Å². The SMILES string of the molecule is CCn1nccc1C(=O)N[C@H](c1cn2nc(C[C@H]3C[C@@H](C(F)(F)F)CNC3=O)c(N3CCN(C4COC4)CC3)nc2n1)C1CCC(F)(F)CC1. The highest BCUT2D eigenvalue weighted by atomic mass is 19.4. The van der Waals surface area contributed by atoms with Crippen molar-refractivity contribution in [2.75, 3.05) is 50.8 Å². The van der Waals surface area contributed by atoms with Crippen molar-refractivity contribution in [3.05, 3.63) is 35.5 Å². The lowest BCUT2D eigenvalue weighted by atomic mass is 9.81. The molecule has 0 spiro atoms. The number of nitrogens with zero attached hydrogens (tertiary/aromatic N) is 8. The van der Waals surface area contributed by atoms with Crippen LogP contribution >= 0.6 is 0 Å². The molecule has 4 fully saturated rings. The number of carbonyl (C=O) groups excluding carboxylic acids is 2. The largest absolute Gasteiger partial charge is 0.393 e. The molecule has 1 saturated carbocycles. The topological polar surface area (TPSA) is 135 Å². The van der Waals surface area contributed by atoms with E-state index in [9.17, 15) is 31.5 Å². The molecular formula is C32H41F5N10O3. The fraction of sp³-hybridized carbons (Fsp3) is 0.688. The number of piperazine rings is 1. The van der Waals surface area contributed by atoms with Crippen molar-refractivity contribution in [1.82, 2.24) is 44.9 Å². The molecule has 2 amide bonds. The monoisotopic (exact) mass is 708 g/mol. The average Bonchev–Trinajstić information content (AvgIpc) is 3.70. The molecule has 0 aromatic carbocycles. The van der Waals surface area contributed by atoms with Crippen LogP contribution in [-0.2, 0) is 22.5 Å². The van der Waals surface area contributed by atoms with Gasteiger partial charge in [0.05, 0.1) is 43.1 Å². The van der Waals surface area contributed by atoms with Crippen molar-refractivity contribution in [3.63, 3.8) is 0 Å². The Kier molecular flexibility index (Phi) is 9.43. The van der Waals surface area contributed by atoms with E-state index >= 15 is 0 Å². The van der Waals surface area contributed by atoms with Gasteiger partial charge in [0.15, 0.2) is 5.82 Å². The zero-order valence-electron chi connectivity index (χ0n) is 27.7. The fourth-order valence-electron chi connectivity index (χ4n) is 7.51. The van der Waals surface area contributed by atoms with E-state index in [1.807, 2.05) is 11.8 Å². The van der Waals surface area contributed by atoms with Crippen molar-refractivity contribution in [1.29, 1.82) is 0 Å². The van der Waals surface area contributed by atoms with Crippen LogP contribution in [0, 0.1) is 17.8 Å². The molecule has 0 bridgehead atoms. The Hall–Kier alpha value is -3.93. The summed E-state index contributed by atoms with van der Waals surface area (Å²) in [5.41, 5.74) is 1.05. The molecule has 3 aromatic rings. The molecule has 6 heterocycles. The molecule has 3 saturated heterocycles. The number of carbonyl (C=O) groups is 2. The minimum absolute atomic E-state index is 0.0697. The molecule has 18 heteroatoms. The molecule has 50 heavy (non-hydrogen) atoms. The molecule has 13 nitrogen and oxygen atoms in total. The quantitative estimate of drug-likeness (QED) is 0.322. The number of hydrogen-bond acceptors (Lipinski definition) is 9. The number of nitrogens with one attached hydrogen (secondary N) is 2. The maximum absolute atomic E-state index is 14.2. The van der Waals surface area contributed by atoms with Gasteiger partial charge in [0, 0.05) is 70.6 Å². The highest BCUT2D eigenvalue weighted by molar-refractivity contribution is 5.92. The van der Waals surface area contributed by atoms with Crippen molar-refractivity contribution in [2.24, 2.45) is 17.8 Å². The van der Waals surface area contributed by atoms with Crippen LogP contribution in [0.2, 0.25) is 0 Å². The van der Waals surface area contributed by atoms with Gasteiger partial charge in [-0.05, 0) is 38.2 Å². The molecule has 4 aliphatic rings. The Labute approximate surface area is 284 Å². The number of amides is 2. The third-order valence-corrected chi connectivity index (χ3v) is 10.6. The van der Waals surface area contributed by atoms with Crippen LogP contribution in [0.15, 0.2) is 18.5 Å². The minimum atomic E-state index is -4.46. The summed E-state index contributed by atoms with van der Waals surface area (Å²) < 4.78 is 77.8. The van der Waals surface area contributed by atoms with Gasteiger partial charge < -0.3 is 20.3 Å². The van der Waals surface area contributed by atoms with Crippen molar-refractivity contribution in [2.45, 2.75) is 76.2 Å². The Morgan fingerprint density at radius 1 is 1.14 bits per heavy atom. The number of fused-ring (bicyclic) bond motifs is 1. The van der Waals surface area contributed by atoms with Crippen LogP contribution in [0.1, 0.15) is 66.9 Å². The predicted octanol–water partition coefficient (Wildman–Crippen LogP) is 3.02. The zero-order chi connectivity index (χ0) is 35.2. The number of halogens is 5. The Balaban J connectivity index is 1.22. The first-order valence-electron chi connectivity index (χ1n) is 17.3. The number of aromatic nitrogens is 6. The molecule has 7 rings (SSSR count). The molecule has 2 N–H and O–H groups in total. The lowest BCUT2D eigenvalue weighted by Crippen LogP contribution is -2.57. The molecule has 3 aromatic heterocycles. The van der Waals surface area contributed by atoms with E-state index in [2.05, 4.69) is 20.6 Å². The predicted molar refractivity (Wildman–Crippen MR) is 169 cm³/mol. The van der Waals surface area contributed by atoms with E-state index in [1.165, 1.54) is 15.4 Å². The summed E-state index contributed by atoms with van der Waals surface area (Å²) in [6, 6.07) is 1.17. The second-order valence-electron chi connectivity index (χ2n) is 13.8. The molecular weight excluding hydrogens is 667 g/mol. The van der Waals surface area contributed by atoms with Gasteiger partial charge in [0.2, 0.25) is 11.8 Å². The third-order valence-electron chi connectivity index (χ3n) is 10.6. The Bertz CT molecular complexity index is 1690. The zero-order valence-corrected chi connectivity index (χ0v) is 27.7. The van der Waals surface area contributed by atoms with Crippen LogP contribution in [0.3, 0.4) is 0 Å². The van der Waals surface area contributed by atoms with Crippen molar-refractivity contribution in [3.8, 4) is 0 Å². The molecule has 3 atom stereocenters. The summed E-state index contributed by atoms with van der Waals surface area (Å²) in [6.07, 6.45) is -2.13. The van der Waals surface area contributed by atoms with E-state index in [0.29, 0.717) is 61.8 Å². The van der Waals surface area contributed by atoms with Gasteiger partial charge in [-0.3, -0.25) is 19.2 Å². The smallest absolute Gasteiger partial charge is 0.378 e. The van der Waals surface area contributed by atoms with E-state index in [1.54, 1.807) is 12.3 Å². The lowest BCUT2D eigenvalue weighted by Gasteiger charge is -2.43. The number of alkyl halides is 5. The number of imidazole rings is 1. The highest BCUT2D eigenvalue weighted by Crippen LogP contribution is 2.42. The average molecular weight is 709 g/mol. The summed E-state index contributed by atoms with van der Waals surface area (Å²) in [6.45, 7) is 5.76. The lowest BCUT2D eigenvalue weighted by molar-refractivity contribution is -0.183. The van der Waals surface area contributed by atoms with Crippen LogP contribution in [0.25, 0.3) is 5.78 Å². The van der Waals surface area contributed by atoms with Crippen molar-refractivity contribution < 1.29 is 36.3 Å². The Morgan fingerprint density at radius 3 is 2.54 bits per heavy atom. The molecule has 3 aliphatic heterocycles. The first-order chi connectivity index (χ1) is 23.9. The summed E-state index contributed by atoms with van der Waals surface area (Å²) in [5.74, 6) is -6.06. The Morgan fingerprint density at radius 2 is 1.88 bits per heavy atom. The number of rotatable bonds is 9. The highest BCUT2D eigenvalue weighted by Gasteiger charge is 2.45. The van der Waals surface area contributed by atoms with E-state index in [0.717, 1.165) is 13.1 Å². The van der Waals surface area contributed by atoms with Gasteiger partial charge in [0.1, 0.15) is 11.4 Å². The molecule has 0 unspecified atom stereocenters.